The summed E-state index contributed by atoms with van der Waals surface area (Å²) in [5.41, 5.74) is 1.09. The number of hydrogen-bond acceptors (Lipinski definition) is 6. The molecule has 35 heavy (non-hydrogen) atoms. The van der Waals surface area contributed by atoms with Crippen LogP contribution in [-0.2, 0) is 26.2 Å². The van der Waals surface area contributed by atoms with Gasteiger partial charge in [0.15, 0.2) is 11.5 Å². The van der Waals surface area contributed by atoms with Gasteiger partial charge in [-0.15, -0.1) is 0 Å². The first kappa shape index (κ1) is 26.8. The maximum atomic E-state index is 13.6. The number of carbonyl (C=O) groups is 2. The van der Waals surface area contributed by atoms with Gasteiger partial charge in [-0.2, -0.15) is 0 Å². The number of rotatable bonds is 10. The molecule has 1 heterocycles. The minimum Gasteiger partial charge on any atom is -0.486 e. The number of anilines is 1. The number of ether oxygens (including phenoxy) is 2. The van der Waals surface area contributed by atoms with Gasteiger partial charge in [0.1, 0.15) is 25.8 Å². The van der Waals surface area contributed by atoms with Crippen molar-refractivity contribution >= 4 is 43.5 Å². The number of fused-ring (bicyclic) bond motifs is 1. The molecule has 0 unspecified atom stereocenters. The Morgan fingerprint density at radius 1 is 1.09 bits per heavy atom. The molecule has 0 saturated carbocycles. The molecule has 0 bridgehead atoms. The Bertz CT molecular complexity index is 1170. The van der Waals surface area contributed by atoms with E-state index in [9.17, 15) is 18.0 Å². The van der Waals surface area contributed by atoms with Crippen molar-refractivity contribution in [2.75, 3.05) is 36.4 Å². The second-order valence-electron chi connectivity index (χ2n) is 7.96. The summed E-state index contributed by atoms with van der Waals surface area (Å²) < 4.78 is 39.1. The van der Waals surface area contributed by atoms with Gasteiger partial charge in [-0.1, -0.05) is 28.1 Å². The molecule has 190 valence electrons. The van der Waals surface area contributed by atoms with Crippen molar-refractivity contribution in [3.8, 4) is 11.5 Å². The van der Waals surface area contributed by atoms with Crippen molar-refractivity contribution in [2.24, 2.45) is 0 Å². The summed E-state index contributed by atoms with van der Waals surface area (Å²) in [6.07, 6.45) is 0. The average molecular weight is 568 g/mol. The second kappa shape index (κ2) is 11.8. The first-order valence-corrected chi connectivity index (χ1v) is 13.8. The fourth-order valence-corrected chi connectivity index (χ4v) is 5.14. The van der Waals surface area contributed by atoms with Crippen LogP contribution in [-0.4, -0.2) is 63.2 Å². The molecule has 1 aliphatic rings. The lowest BCUT2D eigenvalue weighted by Crippen LogP contribution is -2.51. The Hall–Kier alpha value is -2.79. The predicted octanol–water partition coefficient (Wildman–Crippen LogP) is 2.93. The Kier molecular flexibility index (Phi) is 9.01. The van der Waals surface area contributed by atoms with E-state index < -0.39 is 28.5 Å². The van der Waals surface area contributed by atoms with Crippen LogP contribution >= 0.6 is 15.9 Å². The van der Waals surface area contributed by atoms with E-state index in [1.54, 1.807) is 32.0 Å². The van der Waals surface area contributed by atoms with E-state index >= 15 is 0 Å². The third-order valence-corrected chi connectivity index (χ3v) is 7.79. The van der Waals surface area contributed by atoms with E-state index in [0.29, 0.717) is 31.3 Å². The molecule has 3 rings (SSSR count). The molecule has 9 nitrogen and oxygen atoms in total. The minimum atomic E-state index is -3.82. The van der Waals surface area contributed by atoms with Crippen molar-refractivity contribution in [2.45, 2.75) is 33.4 Å². The zero-order valence-electron chi connectivity index (χ0n) is 20.0. The average Bonchev–Trinajstić information content (AvgIpc) is 2.85. The zero-order chi connectivity index (χ0) is 25.6. The van der Waals surface area contributed by atoms with Crippen LogP contribution in [0, 0.1) is 0 Å². The van der Waals surface area contributed by atoms with Crippen LogP contribution in [0.3, 0.4) is 0 Å². The van der Waals surface area contributed by atoms with Gasteiger partial charge in [0, 0.05) is 23.6 Å². The molecule has 0 fully saturated rings. The van der Waals surface area contributed by atoms with E-state index in [1.165, 1.54) is 11.8 Å². The molecule has 11 heteroatoms. The molecule has 2 amide bonds. The number of sulfonamides is 1. The summed E-state index contributed by atoms with van der Waals surface area (Å²) in [6, 6.07) is 11.3. The molecule has 0 aliphatic carbocycles. The fourth-order valence-electron chi connectivity index (χ4n) is 3.64. The highest BCUT2D eigenvalue weighted by molar-refractivity contribution is 9.10. The largest absolute Gasteiger partial charge is 0.486 e. The van der Waals surface area contributed by atoms with E-state index in [-0.39, 0.29) is 23.9 Å². The number of benzene rings is 2. The van der Waals surface area contributed by atoms with Gasteiger partial charge in [-0.3, -0.25) is 13.9 Å². The van der Waals surface area contributed by atoms with Crippen LogP contribution in [0.15, 0.2) is 46.9 Å². The first-order chi connectivity index (χ1) is 16.7. The number of nitrogens with one attached hydrogen (secondary N) is 1. The van der Waals surface area contributed by atoms with Crippen LogP contribution in [0.5, 0.6) is 11.5 Å². The molecular weight excluding hydrogens is 538 g/mol. The van der Waals surface area contributed by atoms with E-state index in [0.717, 1.165) is 14.3 Å². The highest BCUT2D eigenvalue weighted by Crippen LogP contribution is 2.35. The van der Waals surface area contributed by atoms with E-state index in [2.05, 4.69) is 21.2 Å². The maximum Gasteiger partial charge on any atom is 0.244 e. The van der Waals surface area contributed by atoms with Crippen molar-refractivity contribution in [3.63, 3.8) is 0 Å². The number of likely N-dealkylation sites (N-methyl/N-ethyl adjacent to an activating group) is 1. The lowest BCUT2D eigenvalue weighted by atomic mass is 10.1. The van der Waals surface area contributed by atoms with Gasteiger partial charge < -0.3 is 19.7 Å². The molecule has 1 atom stereocenters. The molecule has 0 aromatic heterocycles. The molecule has 0 saturated heterocycles. The van der Waals surface area contributed by atoms with Gasteiger partial charge in [0.2, 0.25) is 21.8 Å². The number of halogens is 1. The van der Waals surface area contributed by atoms with Gasteiger partial charge in [-0.05, 0) is 50.6 Å². The lowest BCUT2D eigenvalue weighted by molar-refractivity contribution is -0.139. The standard InChI is InChI=1S/C24H30BrN3O6S/c1-4-26-24(30)17(3)27(15-18-7-6-8-19(25)13-18)23(29)16-28(35(31,32)5-2)20-9-10-21-22(14-20)34-12-11-33-21/h6-10,13-14,17H,4-5,11-12,15-16H2,1-3H3,(H,26,30)/t17-/m0/s1. The van der Waals surface area contributed by atoms with Gasteiger partial charge >= 0.3 is 0 Å². The molecule has 1 N–H and O–H groups in total. The maximum absolute atomic E-state index is 13.6. The summed E-state index contributed by atoms with van der Waals surface area (Å²) in [5, 5.41) is 2.73. The monoisotopic (exact) mass is 567 g/mol. The topological polar surface area (TPSA) is 105 Å². The lowest BCUT2D eigenvalue weighted by Gasteiger charge is -2.32. The van der Waals surface area contributed by atoms with Gasteiger partial charge in [0.25, 0.3) is 0 Å². The summed E-state index contributed by atoms with van der Waals surface area (Å²) in [4.78, 5) is 27.6. The molecule has 1 aliphatic heterocycles. The molecule has 2 aromatic carbocycles. The Morgan fingerprint density at radius 3 is 2.46 bits per heavy atom. The summed E-state index contributed by atoms with van der Waals surface area (Å²) >= 11 is 3.42. The molecule has 0 spiro atoms. The highest BCUT2D eigenvalue weighted by atomic mass is 79.9. The minimum absolute atomic E-state index is 0.137. The van der Waals surface area contributed by atoms with Crippen molar-refractivity contribution in [1.29, 1.82) is 0 Å². The SMILES string of the molecule is CCNC(=O)[C@H](C)N(Cc1cccc(Br)c1)C(=O)CN(c1ccc2c(c1)OCCO2)S(=O)(=O)CC. The smallest absolute Gasteiger partial charge is 0.244 e. The summed E-state index contributed by atoms with van der Waals surface area (Å²) in [7, 11) is -3.82. The Labute approximate surface area is 214 Å². The van der Waals surface area contributed by atoms with Gasteiger partial charge in [0.05, 0.1) is 11.4 Å². The highest BCUT2D eigenvalue weighted by Gasteiger charge is 2.31. The van der Waals surface area contributed by atoms with Crippen LogP contribution in [0.25, 0.3) is 0 Å². The first-order valence-electron chi connectivity index (χ1n) is 11.4. The van der Waals surface area contributed by atoms with Crippen LogP contribution in [0.2, 0.25) is 0 Å². The third kappa shape index (κ3) is 6.66. The second-order valence-corrected chi connectivity index (χ2v) is 11.1. The summed E-state index contributed by atoms with van der Waals surface area (Å²) in [5.74, 6) is -0.0945. The van der Waals surface area contributed by atoms with E-state index in [1.807, 2.05) is 24.3 Å². The van der Waals surface area contributed by atoms with Crippen LogP contribution in [0.4, 0.5) is 5.69 Å². The predicted molar refractivity (Wildman–Crippen MR) is 137 cm³/mol. The third-order valence-electron chi connectivity index (χ3n) is 5.55. The van der Waals surface area contributed by atoms with Crippen molar-refractivity contribution in [1.82, 2.24) is 10.2 Å². The Balaban J connectivity index is 1.95. The molecule has 0 radical (unpaired) electrons. The quantitative estimate of drug-likeness (QED) is 0.473. The van der Waals surface area contributed by atoms with Crippen LogP contribution < -0.4 is 19.1 Å². The van der Waals surface area contributed by atoms with E-state index in [4.69, 9.17) is 9.47 Å². The number of carbonyl (C=O) groups excluding carboxylic acids is 2. The molecule has 2 aromatic rings. The number of hydrogen-bond donors (Lipinski definition) is 1. The fraction of sp³-hybridized carbons (Fsp3) is 0.417. The molecular formula is C24H30BrN3O6S. The van der Waals surface area contributed by atoms with Crippen LogP contribution in [0.1, 0.15) is 26.3 Å². The van der Waals surface area contributed by atoms with Crippen molar-refractivity contribution < 1.29 is 27.5 Å². The normalized spacial score (nSPS) is 13.6. The Morgan fingerprint density at radius 2 is 1.80 bits per heavy atom. The van der Waals surface area contributed by atoms with Gasteiger partial charge in [-0.25, -0.2) is 8.42 Å². The number of amides is 2. The summed E-state index contributed by atoms with van der Waals surface area (Å²) in [6.45, 7) is 5.78. The van der Waals surface area contributed by atoms with Crippen molar-refractivity contribution in [3.05, 3.63) is 52.5 Å². The number of nitrogens with zero attached hydrogens (tertiary/aromatic N) is 2. The zero-order valence-corrected chi connectivity index (χ0v) is 22.4.